The van der Waals surface area contributed by atoms with Crippen LogP contribution in [0, 0.1) is 23.7 Å². The predicted molar refractivity (Wildman–Crippen MR) is 185 cm³/mol. The molecule has 0 amide bonds. The highest BCUT2D eigenvalue weighted by molar-refractivity contribution is 5.85. The Morgan fingerprint density at radius 1 is 0.581 bits per heavy atom. The van der Waals surface area contributed by atoms with Crippen molar-refractivity contribution in [1.82, 2.24) is 0 Å². The number of rotatable bonds is 16. The second-order valence-corrected chi connectivity index (χ2v) is 14.8. The van der Waals surface area contributed by atoms with Crippen LogP contribution < -0.4 is 0 Å². The van der Waals surface area contributed by atoms with Crippen molar-refractivity contribution in [2.45, 2.75) is 138 Å². The number of aromatic hydroxyl groups is 2. The molecule has 4 heteroatoms. The molecule has 1 fully saturated rings. The first-order valence-electron chi connectivity index (χ1n) is 17.2. The molecular weight excluding hydrogens is 528 g/mol. The second kappa shape index (κ2) is 17.0. The summed E-state index contributed by atoms with van der Waals surface area (Å²) in [7, 11) is 0. The van der Waals surface area contributed by atoms with E-state index in [1.165, 1.54) is 11.1 Å². The van der Waals surface area contributed by atoms with Gasteiger partial charge in [0.05, 0.1) is 12.1 Å². The van der Waals surface area contributed by atoms with Gasteiger partial charge >= 0.3 is 0 Å². The Morgan fingerprint density at radius 2 is 0.930 bits per heavy atom. The molecule has 0 radical (unpaired) electrons. The van der Waals surface area contributed by atoms with Gasteiger partial charge in [-0.3, -0.25) is 9.98 Å². The van der Waals surface area contributed by atoms with Gasteiger partial charge in [0.2, 0.25) is 0 Å². The molecule has 4 nitrogen and oxygen atoms in total. The second-order valence-electron chi connectivity index (χ2n) is 14.8. The van der Waals surface area contributed by atoms with Crippen molar-refractivity contribution in [3.8, 4) is 11.5 Å². The monoisotopic (exact) mass is 588 g/mol. The maximum absolute atomic E-state index is 11.1. The summed E-state index contributed by atoms with van der Waals surface area (Å²) in [6.45, 7) is 18.0. The Hall–Kier alpha value is -2.62. The van der Waals surface area contributed by atoms with E-state index in [2.05, 4.69) is 79.7 Å². The maximum Gasteiger partial charge on any atom is 0.127 e. The van der Waals surface area contributed by atoms with Gasteiger partial charge < -0.3 is 10.2 Å². The van der Waals surface area contributed by atoms with E-state index in [-0.39, 0.29) is 12.1 Å². The average molecular weight is 589 g/mol. The fraction of sp³-hybridized carbons (Fsp3) is 0.641. The first-order valence-corrected chi connectivity index (χ1v) is 17.2. The molecule has 0 heterocycles. The number of phenols is 2. The molecule has 0 aliphatic heterocycles. The van der Waals surface area contributed by atoms with Gasteiger partial charge in [-0.2, -0.15) is 0 Å². The minimum absolute atomic E-state index is 0.201. The summed E-state index contributed by atoms with van der Waals surface area (Å²) in [5, 5.41) is 22.2. The maximum atomic E-state index is 11.1. The van der Waals surface area contributed by atoms with Crippen molar-refractivity contribution in [3.05, 3.63) is 57.6 Å². The number of hydrogen-bond donors (Lipinski definition) is 2. The van der Waals surface area contributed by atoms with Crippen LogP contribution in [-0.2, 0) is 25.7 Å². The van der Waals surface area contributed by atoms with Crippen LogP contribution in [0.3, 0.4) is 0 Å². The zero-order chi connectivity index (χ0) is 31.5. The van der Waals surface area contributed by atoms with Crippen molar-refractivity contribution >= 4 is 12.4 Å². The van der Waals surface area contributed by atoms with Gasteiger partial charge in [0, 0.05) is 23.6 Å². The lowest BCUT2D eigenvalue weighted by atomic mass is 9.94. The molecule has 1 aliphatic rings. The summed E-state index contributed by atoms with van der Waals surface area (Å²) in [5.41, 5.74) is 6.39. The van der Waals surface area contributed by atoms with E-state index in [1.54, 1.807) is 0 Å². The predicted octanol–water partition coefficient (Wildman–Crippen LogP) is 9.91. The highest BCUT2D eigenvalue weighted by atomic mass is 16.3. The Morgan fingerprint density at radius 3 is 1.28 bits per heavy atom. The lowest BCUT2D eigenvalue weighted by Crippen LogP contribution is -2.04. The van der Waals surface area contributed by atoms with E-state index < -0.39 is 0 Å². The van der Waals surface area contributed by atoms with E-state index in [0.717, 1.165) is 92.9 Å². The fourth-order valence-electron chi connectivity index (χ4n) is 5.82. The van der Waals surface area contributed by atoms with Crippen LogP contribution in [0.4, 0.5) is 0 Å². The standard InChI is InChI=1S/C39H60N2O2/c1-26(2)9-13-30-19-32(15-11-28(5)6)38(42)34(21-30)24-40-36-17-18-37(23-36)41-25-35-22-31(14-10-27(3)4)20-33(39(35)43)16-12-29(7)8/h19-22,24-29,36-37,42-43H,9-18,23H2,1-8H3. The molecule has 3 rings (SSSR count). The van der Waals surface area contributed by atoms with Crippen LogP contribution in [0.2, 0.25) is 0 Å². The molecule has 2 aromatic carbocycles. The van der Waals surface area contributed by atoms with Gasteiger partial charge in [0.15, 0.2) is 0 Å². The molecule has 2 N–H and O–H groups in total. The van der Waals surface area contributed by atoms with E-state index in [4.69, 9.17) is 9.98 Å². The average Bonchev–Trinajstić information content (AvgIpc) is 3.40. The van der Waals surface area contributed by atoms with Crippen LogP contribution in [0.15, 0.2) is 34.3 Å². The zero-order valence-corrected chi connectivity index (χ0v) is 28.5. The number of phenolic OH excluding ortho intramolecular Hbond substituents is 2. The summed E-state index contributed by atoms with van der Waals surface area (Å²) in [5.74, 6) is 3.29. The van der Waals surface area contributed by atoms with Crippen LogP contribution in [-0.4, -0.2) is 34.7 Å². The van der Waals surface area contributed by atoms with Crippen LogP contribution >= 0.6 is 0 Å². The van der Waals surface area contributed by atoms with E-state index >= 15 is 0 Å². The third-order valence-corrected chi connectivity index (χ3v) is 8.79. The Labute approximate surface area is 263 Å². The topological polar surface area (TPSA) is 65.2 Å². The third-order valence-electron chi connectivity index (χ3n) is 8.79. The fourth-order valence-corrected chi connectivity index (χ4v) is 5.82. The highest BCUT2D eigenvalue weighted by Gasteiger charge is 2.23. The number of hydrogen-bond acceptors (Lipinski definition) is 4. The number of aliphatic imine (C=N–C) groups is 2. The summed E-state index contributed by atoms with van der Waals surface area (Å²) in [4.78, 5) is 9.90. The van der Waals surface area contributed by atoms with Crippen molar-refractivity contribution in [1.29, 1.82) is 0 Å². The largest absolute Gasteiger partial charge is 0.507 e. The van der Waals surface area contributed by atoms with Gasteiger partial charge in [-0.25, -0.2) is 0 Å². The van der Waals surface area contributed by atoms with Crippen molar-refractivity contribution < 1.29 is 10.2 Å². The molecule has 0 saturated heterocycles. The minimum Gasteiger partial charge on any atom is -0.507 e. The lowest BCUT2D eigenvalue weighted by molar-refractivity contribution is 0.461. The van der Waals surface area contributed by atoms with Crippen molar-refractivity contribution in [2.75, 3.05) is 0 Å². The number of aryl methyl sites for hydroxylation is 4. The van der Waals surface area contributed by atoms with Gasteiger partial charge in [-0.1, -0.05) is 67.5 Å². The number of nitrogens with zero attached hydrogens (tertiary/aromatic N) is 2. The summed E-state index contributed by atoms with van der Waals surface area (Å²) < 4.78 is 0. The van der Waals surface area contributed by atoms with Crippen LogP contribution in [0.1, 0.15) is 134 Å². The smallest absolute Gasteiger partial charge is 0.127 e. The van der Waals surface area contributed by atoms with Gasteiger partial charge in [0.1, 0.15) is 11.5 Å². The molecule has 238 valence electrons. The van der Waals surface area contributed by atoms with Gasteiger partial charge in [-0.05, 0) is 129 Å². The zero-order valence-electron chi connectivity index (χ0n) is 28.5. The SMILES string of the molecule is CC(C)CCc1cc(C=NC2CCC(N=Cc3cc(CCC(C)C)cc(CCC(C)C)c3O)C2)c(O)c(CCC(C)C)c1. The van der Waals surface area contributed by atoms with Gasteiger partial charge in [-0.15, -0.1) is 0 Å². The van der Waals surface area contributed by atoms with E-state index in [1.807, 2.05) is 12.4 Å². The Balaban J connectivity index is 1.73. The van der Waals surface area contributed by atoms with Crippen molar-refractivity contribution in [3.63, 3.8) is 0 Å². The van der Waals surface area contributed by atoms with Gasteiger partial charge in [0.25, 0.3) is 0 Å². The Bertz CT molecular complexity index is 1110. The molecule has 1 saturated carbocycles. The molecule has 2 aromatic rings. The summed E-state index contributed by atoms with van der Waals surface area (Å²) >= 11 is 0. The summed E-state index contributed by atoms with van der Waals surface area (Å²) in [6.07, 6.45) is 15.0. The Kier molecular flexibility index (Phi) is 13.8. The van der Waals surface area contributed by atoms with Crippen molar-refractivity contribution in [2.24, 2.45) is 33.7 Å². The quantitative estimate of drug-likeness (QED) is 0.192. The molecule has 2 unspecified atom stereocenters. The number of benzene rings is 2. The summed E-state index contributed by atoms with van der Waals surface area (Å²) in [6, 6.07) is 9.09. The molecule has 0 aromatic heterocycles. The molecule has 43 heavy (non-hydrogen) atoms. The lowest BCUT2D eigenvalue weighted by Gasteiger charge is -2.14. The normalized spacial score (nSPS) is 17.7. The van der Waals surface area contributed by atoms with Crippen LogP contribution in [0.25, 0.3) is 0 Å². The molecule has 2 atom stereocenters. The van der Waals surface area contributed by atoms with E-state index in [9.17, 15) is 10.2 Å². The minimum atomic E-state index is 0.201. The molecule has 0 bridgehead atoms. The first-order chi connectivity index (χ1) is 20.4. The first kappa shape index (κ1) is 34.9. The van der Waals surface area contributed by atoms with E-state index in [0.29, 0.717) is 35.2 Å². The van der Waals surface area contributed by atoms with Crippen LogP contribution in [0.5, 0.6) is 11.5 Å². The third kappa shape index (κ3) is 11.8. The molecule has 1 aliphatic carbocycles. The molecular formula is C39H60N2O2. The molecule has 0 spiro atoms. The highest BCUT2D eigenvalue weighted by Crippen LogP contribution is 2.31.